The van der Waals surface area contributed by atoms with Gasteiger partial charge in [-0.2, -0.15) is 0 Å². The molecule has 0 saturated heterocycles. The van der Waals surface area contributed by atoms with Crippen molar-refractivity contribution in [1.82, 2.24) is 4.72 Å². The molecule has 19 heavy (non-hydrogen) atoms. The molecule has 1 aromatic rings. The zero-order valence-corrected chi connectivity index (χ0v) is 11.8. The number of sulfonamides is 1. The van der Waals surface area contributed by atoms with E-state index >= 15 is 0 Å². The van der Waals surface area contributed by atoms with Crippen molar-refractivity contribution in [2.45, 2.75) is 37.0 Å². The molecule has 0 aromatic heterocycles. The third kappa shape index (κ3) is 2.77. The molecule has 2 N–H and O–H groups in total. The Hall–Kier alpha value is -1.07. The number of rotatable bonds is 4. The van der Waals surface area contributed by atoms with Gasteiger partial charge in [-0.05, 0) is 48.9 Å². The maximum Gasteiger partial charge on any atom is 0.240 e. The van der Waals surface area contributed by atoms with E-state index in [0.717, 1.165) is 37.1 Å². The fourth-order valence-electron chi connectivity index (χ4n) is 2.97. The summed E-state index contributed by atoms with van der Waals surface area (Å²) >= 11 is 0. The van der Waals surface area contributed by atoms with Crippen LogP contribution < -0.4 is 10.0 Å². The van der Waals surface area contributed by atoms with E-state index in [-0.39, 0.29) is 0 Å². The van der Waals surface area contributed by atoms with E-state index in [0.29, 0.717) is 17.4 Å². The number of benzene rings is 1. The Bertz CT molecular complexity index is 563. The predicted octanol–water partition coefficient (Wildman–Crippen LogP) is 2.12. The zero-order valence-electron chi connectivity index (χ0n) is 11.0. The summed E-state index contributed by atoms with van der Waals surface area (Å²) in [5, 5.41) is 3.24. The first-order valence-electron chi connectivity index (χ1n) is 7.02. The van der Waals surface area contributed by atoms with Gasteiger partial charge in [-0.1, -0.05) is 12.8 Å². The molecule has 0 unspecified atom stereocenters. The van der Waals surface area contributed by atoms with Crippen LogP contribution in [0.3, 0.4) is 0 Å². The van der Waals surface area contributed by atoms with Gasteiger partial charge in [0.05, 0.1) is 4.90 Å². The second kappa shape index (κ2) is 5.13. The highest BCUT2D eigenvalue weighted by Crippen LogP contribution is 2.26. The fourth-order valence-corrected chi connectivity index (χ4v) is 4.14. The summed E-state index contributed by atoms with van der Waals surface area (Å²) in [5.41, 5.74) is 2.17. The number of nitrogens with one attached hydrogen (secondary N) is 2. The Morgan fingerprint density at radius 3 is 2.84 bits per heavy atom. The standard InChI is InChI=1S/C14H20N2O2S/c17-19(18,16-10-11-3-1-2-4-11)13-5-6-14-12(9-13)7-8-15-14/h5-6,9,11,15-16H,1-4,7-8,10H2. The highest BCUT2D eigenvalue weighted by atomic mass is 32.2. The highest BCUT2D eigenvalue weighted by molar-refractivity contribution is 7.89. The second-order valence-corrected chi connectivity index (χ2v) is 7.27. The molecular weight excluding hydrogens is 260 g/mol. The third-order valence-corrected chi connectivity index (χ3v) is 5.55. The van der Waals surface area contributed by atoms with Gasteiger partial charge in [-0.15, -0.1) is 0 Å². The van der Waals surface area contributed by atoms with E-state index in [1.165, 1.54) is 12.8 Å². The third-order valence-electron chi connectivity index (χ3n) is 4.13. The molecule has 0 amide bonds. The van der Waals surface area contributed by atoms with Crippen LogP contribution in [0.2, 0.25) is 0 Å². The van der Waals surface area contributed by atoms with Crippen LogP contribution in [0, 0.1) is 5.92 Å². The number of hydrogen-bond acceptors (Lipinski definition) is 3. The number of fused-ring (bicyclic) bond motifs is 1. The van der Waals surface area contributed by atoms with Crippen LogP contribution in [0.1, 0.15) is 31.2 Å². The van der Waals surface area contributed by atoms with E-state index < -0.39 is 10.0 Å². The Kier molecular flexibility index (Phi) is 3.50. The van der Waals surface area contributed by atoms with Crippen molar-refractivity contribution >= 4 is 15.7 Å². The number of anilines is 1. The summed E-state index contributed by atoms with van der Waals surface area (Å²) in [5.74, 6) is 0.519. The SMILES string of the molecule is O=S(=O)(NCC1CCCC1)c1ccc2c(c1)CCN2. The van der Waals surface area contributed by atoms with Gasteiger partial charge in [-0.25, -0.2) is 13.1 Å². The molecule has 5 heteroatoms. The minimum atomic E-state index is -3.35. The fraction of sp³-hybridized carbons (Fsp3) is 0.571. The molecule has 1 aliphatic heterocycles. The van der Waals surface area contributed by atoms with Crippen molar-refractivity contribution in [1.29, 1.82) is 0 Å². The van der Waals surface area contributed by atoms with Gasteiger partial charge in [0.15, 0.2) is 0 Å². The van der Waals surface area contributed by atoms with Crippen LogP contribution in [0.4, 0.5) is 5.69 Å². The van der Waals surface area contributed by atoms with Gasteiger partial charge in [-0.3, -0.25) is 0 Å². The lowest BCUT2D eigenvalue weighted by Crippen LogP contribution is -2.28. The molecular formula is C14H20N2O2S. The first-order valence-corrected chi connectivity index (χ1v) is 8.50. The Labute approximate surface area is 114 Å². The molecule has 0 bridgehead atoms. The van der Waals surface area contributed by atoms with Crippen LogP contribution in [0.5, 0.6) is 0 Å². The second-order valence-electron chi connectivity index (χ2n) is 5.50. The summed E-state index contributed by atoms with van der Waals surface area (Å²) < 4.78 is 27.3. The Balaban J connectivity index is 1.72. The average molecular weight is 280 g/mol. The van der Waals surface area contributed by atoms with E-state index in [4.69, 9.17) is 0 Å². The van der Waals surface area contributed by atoms with E-state index in [1.807, 2.05) is 6.07 Å². The zero-order chi connectivity index (χ0) is 13.3. The molecule has 2 aliphatic rings. The van der Waals surface area contributed by atoms with Crippen molar-refractivity contribution in [2.75, 3.05) is 18.4 Å². The lowest BCUT2D eigenvalue weighted by atomic mass is 10.1. The van der Waals surface area contributed by atoms with Crippen LogP contribution in [0.25, 0.3) is 0 Å². The molecule has 0 spiro atoms. The smallest absolute Gasteiger partial charge is 0.240 e. The van der Waals surface area contributed by atoms with Gasteiger partial charge >= 0.3 is 0 Å². The first-order chi connectivity index (χ1) is 9.15. The minimum Gasteiger partial charge on any atom is -0.384 e. The summed E-state index contributed by atoms with van der Waals surface area (Å²) in [6, 6.07) is 5.35. The van der Waals surface area contributed by atoms with Gasteiger partial charge in [0, 0.05) is 18.8 Å². The van der Waals surface area contributed by atoms with Crippen LogP contribution in [0.15, 0.2) is 23.1 Å². The Morgan fingerprint density at radius 1 is 1.26 bits per heavy atom. The van der Waals surface area contributed by atoms with Crippen molar-refractivity contribution < 1.29 is 8.42 Å². The predicted molar refractivity (Wildman–Crippen MR) is 75.8 cm³/mol. The first kappa shape index (κ1) is 12.9. The molecule has 4 nitrogen and oxygen atoms in total. The highest BCUT2D eigenvalue weighted by Gasteiger charge is 2.21. The van der Waals surface area contributed by atoms with E-state index in [2.05, 4.69) is 10.0 Å². The molecule has 0 atom stereocenters. The van der Waals surface area contributed by atoms with Gasteiger partial charge in [0.1, 0.15) is 0 Å². The van der Waals surface area contributed by atoms with Crippen LogP contribution in [-0.2, 0) is 16.4 Å². The van der Waals surface area contributed by atoms with Gasteiger partial charge in [0.2, 0.25) is 10.0 Å². The molecule has 1 aliphatic carbocycles. The number of hydrogen-bond donors (Lipinski definition) is 2. The summed E-state index contributed by atoms with van der Waals surface area (Å²) in [7, 11) is -3.35. The topological polar surface area (TPSA) is 58.2 Å². The summed E-state index contributed by atoms with van der Waals surface area (Å²) in [6.07, 6.45) is 5.67. The van der Waals surface area contributed by atoms with Crippen molar-refractivity contribution in [3.63, 3.8) is 0 Å². The van der Waals surface area contributed by atoms with Crippen LogP contribution in [-0.4, -0.2) is 21.5 Å². The molecule has 1 heterocycles. The summed E-state index contributed by atoms with van der Waals surface area (Å²) in [6.45, 7) is 1.48. The van der Waals surface area contributed by atoms with Gasteiger partial charge in [0.25, 0.3) is 0 Å². The normalized spacial score (nSPS) is 19.4. The Morgan fingerprint density at radius 2 is 2.05 bits per heavy atom. The molecule has 0 radical (unpaired) electrons. The molecule has 1 aromatic carbocycles. The molecule has 1 saturated carbocycles. The van der Waals surface area contributed by atoms with E-state index in [1.54, 1.807) is 12.1 Å². The van der Waals surface area contributed by atoms with Crippen LogP contribution >= 0.6 is 0 Å². The quantitative estimate of drug-likeness (QED) is 0.888. The molecule has 3 rings (SSSR count). The maximum atomic E-state index is 12.3. The largest absolute Gasteiger partial charge is 0.384 e. The molecule has 104 valence electrons. The minimum absolute atomic E-state index is 0.396. The van der Waals surface area contributed by atoms with Crippen molar-refractivity contribution in [3.8, 4) is 0 Å². The monoisotopic (exact) mass is 280 g/mol. The van der Waals surface area contributed by atoms with Gasteiger partial charge < -0.3 is 5.32 Å². The van der Waals surface area contributed by atoms with E-state index in [9.17, 15) is 8.42 Å². The van der Waals surface area contributed by atoms with Crippen molar-refractivity contribution in [2.24, 2.45) is 5.92 Å². The lowest BCUT2D eigenvalue weighted by molar-refractivity contribution is 0.519. The van der Waals surface area contributed by atoms with Crippen molar-refractivity contribution in [3.05, 3.63) is 23.8 Å². The maximum absolute atomic E-state index is 12.3. The average Bonchev–Trinajstić information content (AvgIpc) is 3.06. The summed E-state index contributed by atoms with van der Waals surface area (Å²) in [4.78, 5) is 0.396. The molecule has 1 fully saturated rings. The lowest BCUT2D eigenvalue weighted by Gasteiger charge is -2.12.